The third-order valence-corrected chi connectivity index (χ3v) is 3.68. The Bertz CT molecular complexity index is 644. The molecule has 20 heavy (non-hydrogen) atoms. The van der Waals surface area contributed by atoms with Gasteiger partial charge in [-0.05, 0) is 18.6 Å². The number of hydrogen-bond acceptors (Lipinski definition) is 4. The number of hydrogen-bond donors (Lipinski definition) is 1. The lowest BCUT2D eigenvalue weighted by Gasteiger charge is -2.27. The van der Waals surface area contributed by atoms with Crippen LogP contribution in [0.1, 0.15) is 42.6 Å². The molecule has 0 aromatic carbocycles. The third-order valence-electron chi connectivity index (χ3n) is 3.68. The first-order valence-corrected chi connectivity index (χ1v) is 7.00. The highest BCUT2D eigenvalue weighted by molar-refractivity contribution is 5.21. The Morgan fingerprint density at radius 3 is 3.05 bits per heavy atom. The lowest BCUT2D eigenvalue weighted by Crippen LogP contribution is -2.35. The van der Waals surface area contributed by atoms with Crippen LogP contribution < -0.4 is 5.56 Å². The van der Waals surface area contributed by atoms with Gasteiger partial charge < -0.3 is 9.40 Å². The summed E-state index contributed by atoms with van der Waals surface area (Å²) < 4.78 is 5.38. The van der Waals surface area contributed by atoms with Gasteiger partial charge in [0.2, 0.25) is 0 Å². The Kier molecular flexibility index (Phi) is 3.44. The molecule has 1 aliphatic heterocycles. The summed E-state index contributed by atoms with van der Waals surface area (Å²) in [6.45, 7) is 6.40. The fourth-order valence-corrected chi connectivity index (χ4v) is 2.54. The van der Waals surface area contributed by atoms with Crippen molar-refractivity contribution in [3.8, 4) is 0 Å². The van der Waals surface area contributed by atoms with Crippen molar-refractivity contribution in [3.05, 3.63) is 51.6 Å². The van der Waals surface area contributed by atoms with E-state index < -0.39 is 0 Å². The Balaban J connectivity index is 1.84. The Morgan fingerprint density at radius 1 is 1.50 bits per heavy atom. The van der Waals surface area contributed by atoms with Gasteiger partial charge in [-0.1, -0.05) is 13.8 Å². The van der Waals surface area contributed by atoms with Gasteiger partial charge in [0, 0.05) is 24.6 Å². The van der Waals surface area contributed by atoms with Gasteiger partial charge in [-0.3, -0.25) is 9.69 Å². The molecule has 3 rings (SSSR count). The van der Waals surface area contributed by atoms with Gasteiger partial charge in [-0.2, -0.15) is 0 Å². The monoisotopic (exact) mass is 273 g/mol. The molecule has 1 N–H and O–H groups in total. The molecule has 0 saturated carbocycles. The second-order valence-corrected chi connectivity index (χ2v) is 5.57. The number of H-pyrrole nitrogens is 1. The molecular weight excluding hydrogens is 254 g/mol. The molecule has 0 unspecified atom stereocenters. The molecule has 1 aliphatic rings. The van der Waals surface area contributed by atoms with Crippen molar-refractivity contribution in [2.75, 3.05) is 6.54 Å². The summed E-state index contributed by atoms with van der Waals surface area (Å²) in [7, 11) is 0. The van der Waals surface area contributed by atoms with Crippen LogP contribution in [-0.4, -0.2) is 21.4 Å². The standard InChI is InChI=1S/C15H19N3O2/c1-10(2)14-16-13-9-18(8-11-4-3-7-20-11)6-5-12(13)15(19)17-14/h3-4,7,10H,5-6,8-9H2,1-2H3,(H,16,17,19). The molecule has 0 bridgehead atoms. The molecule has 0 saturated heterocycles. The first kappa shape index (κ1) is 13.1. The maximum Gasteiger partial charge on any atom is 0.254 e. The number of rotatable bonds is 3. The minimum atomic E-state index is 0.0244. The maximum atomic E-state index is 12.1. The van der Waals surface area contributed by atoms with Crippen LogP contribution in [0.2, 0.25) is 0 Å². The van der Waals surface area contributed by atoms with Crippen molar-refractivity contribution in [3.63, 3.8) is 0 Å². The van der Waals surface area contributed by atoms with Crippen LogP contribution in [0.3, 0.4) is 0 Å². The lowest BCUT2D eigenvalue weighted by molar-refractivity contribution is 0.221. The van der Waals surface area contributed by atoms with Crippen molar-refractivity contribution in [2.45, 2.75) is 39.3 Å². The average Bonchev–Trinajstić information content (AvgIpc) is 2.91. The molecule has 0 amide bonds. The lowest BCUT2D eigenvalue weighted by atomic mass is 10.1. The van der Waals surface area contributed by atoms with Crippen LogP contribution in [0.5, 0.6) is 0 Å². The van der Waals surface area contributed by atoms with Gasteiger partial charge in [0.05, 0.1) is 18.5 Å². The molecule has 2 aromatic heterocycles. The average molecular weight is 273 g/mol. The van der Waals surface area contributed by atoms with E-state index in [2.05, 4.69) is 14.9 Å². The molecule has 5 heteroatoms. The molecule has 0 atom stereocenters. The predicted molar refractivity (Wildman–Crippen MR) is 75.5 cm³/mol. The molecular formula is C15H19N3O2. The summed E-state index contributed by atoms with van der Waals surface area (Å²) in [5.74, 6) is 1.95. The summed E-state index contributed by atoms with van der Waals surface area (Å²) in [6, 6.07) is 3.87. The largest absolute Gasteiger partial charge is 0.468 e. The molecule has 0 aliphatic carbocycles. The van der Waals surface area contributed by atoms with Crippen molar-refractivity contribution < 1.29 is 4.42 Å². The van der Waals surface area contributed by atoms with Crippen LogP contribution in [0.25, 0.3) is 0 Å². The molecule has 106 valence electrons. The molecule has 0 spiro atoms. The Hall–Kier alpha value is -1.88. The van der Waals surface area contributed by atoms with Crippen LogP contribution >= 0.6 is 0 Å². The highest BCUT2D eigenvalue weighted by Gasteiger charge is 2.22. The number of furan rings is 1. The summed E-state index contributed by atoms with van der Waals surface area (Å²) in [5.41, 5.74) is 1.77. The van der Waals surface area contributed by atoms with Crippen LogP contribution in [0, 0.1) is 0 Å². The highest BCUT2D eigenvalue weighted by atomic mass is 16.3. The number of aromatic nitrogens is 2. The zero-order valence-corrected chi connectivity index (χ0v) is 11.8. The molecule has 5 nitrogen and oxygen atoms in total. The minimum Gasteiger partial charge on any atom is -0.468 e. The highest BCUT2D eigenvalue weighted by Crippen LogP contribution is 2.18. The second-order valence-electron chi connectivity index (χ2n) is 5.57. The molecule has 0 fully saturated rings. The van der Waals surface area contributed by atoms with Crippen molar-refractivity contribution in [1.29, 1.82) is 0 Å². The van der Waals surface area contributed by atoms with Gasteiger partial charge in [-0.15, -0.1) is 0 Å². The smallest absolute Gasteiger partial charge is 0.254 e. The first-order chi connectivity index (χ1) is 9.63. The fourth-order valence-electron chi connectivity index (χ4n) is 2.54. The number of nitrogens with one attached hydrogen (secondary N) is 1. The van der Waals surface area contributed by atoms with Gasteiger partial charge in [0.1, 0.15) is 11.6 Å². The summed E-state index contributed by atoms with van der Waals surface area (Å²) in [4.78, 5) is 21.9. The summed E-state index contributed by atoms with van der Waals surface area (Å²) in [6.07, 6.45) is 2.43. The number of nitrogens with zero attached hydrogens (tertiary/aromatic N) is 2. The van der Waals surface area contributed by atoms with Crippen LogP contribution in [0.15, 0.2) is 27.6 Å². The Morgan fingerprint density at radius 2 is 2.35 bits per heavy atom. The van der Waals surface area contributed by atoms with Crippen LogP contribution in [0.4, 0.5) is 0 Å². The van der Waals surface area contributed by atoms with Crippen LogP contribution in [-0.2, 0) is 19.5 Å². The molecule has 2 aromatic rings. The third kappa shape index (κ3) is 2.54. The summed E-state index contributed by atoms with van der Waals surface area (Å²) in [5, 5.41) is 0. The van der Waals surface area contributed by atoms with E-state index in [1.54, 1.807) is 6.26 Å². The maximum absolute atomic E-state index is 12.1. The quantitative estimate of drug-likeness (QED) is 0.929. The van der Waals surface area contributed by atoms with Gasteiger partial charge in [-0.25, -0.2) is 4.98 Å². The summed E-state index contributed by atoms with van der Waals surface area (Å²) >= 11 is 0. The zero-order chi connectivity index (χ0) is 14.1. The normalized spacial score (nSPS) is 15.6. The van der Waals surface area contributed by atoms with E-state index in [4.69, 9.17) is 4.42 Å². The van der Waals surface area contributed by atoms with E-state index in [-0.39, 0.29) is 11.5 Å². The molecule has 0 radical (unpaired) electrons. The van der Waals surface area contributed by atoms with E-state index in [1.807, 2.05) is 26.0 Å². The van der Waals surface area contributed by atoms with Gasteiger partial charge in [0.25, 0.3) is 5.56 Å². The van der Waals surface area contributed by atoms with Crippen molar-refractivity contribution in [1.82, 2.24) is 14.9 Å². The van der Waals surface area contributed by atoms with E-state index in [0.717, 1.165) is 42.4 Å². The topological polar surface area (TPSA) is 62.1 Å². The predicted octanol–water partition coefficient (Wildman–Crippen LogP) is 2.04. The van der Waals surface area contributed by atoms with E-state index >= 15 is 0 Å². The minimum absolute atomic E-state index is 0.0244. The van der Waals surface area contributed by atoms with Gasteiger partial charge >= 0.3 is 0 Å². The van der Waals surface area contributed by atoms with E-state index in [0.29, 0.717) is 6.54 Å². The fraction of sp³-hybridized carbons (Fsp3) is 0.467. The SMILES string of the molecule is CC(C)c1nc2c(c(=O)[nH]1)CCN(Cc1ccco1)C2. The van der Waals surface area contributed by atoms with E-state index in [9.17, 15) is 4.79 Å². The zero-order valence-electron chi connectivity index (χ0n) is 11.8. The van der Waals surface area contributed by atoms with E-state index in [1.165, 1.54) is 0 Å². The first-order valence-electron chi connectivity index (χ1n) is 7.00. The number of fused-ring (bicyclic) bond motifs is 1. The van der Waals surface area contributed by atoms with Gasteiger partial charge in [0.15, 0.2) is 0 Å². The Labute approximate surface area is 117 Å². The second kappa shape index (κ2) is 5.25. The van der Waals surface area contributed by atoms with Crippen molar-refractivity contribution >= 4 is 0 Å². The number of aromatic amines is 1. The van der Waals surface area contributed by atoms with Crippen molar-refractivity contribution in [2.24, 2.45) is 0 Å². The molecule has 3 heterocycles.